The van der Waals surface area contributed by atoms with E-state index in [0.29, 0.717) is 0 Å². The van der Waals surface area contributed by atoms with Gasteiger partial charge in [0.15, 0.2) is 0 Å². The zero-order valence-corrected chi connectivity index (χ0v) is 3.30. The molecule has 0 aliphatic heterocycles. The Kier molecular flexibility index (Phi) is 2.19. The van der Waals surface area contributed by atoms with Gasteiger partial charge in [0.05, 0.1) is 0 Å². The molecular weight excluding hydrogens is 90.5 g/mol. The highest BCUT2D eigenvalue weighted by molar-refractivity contribution is 6.25. The highest BCUT2D eigenvalue weighted by Gasteiger charge is 1.69. The third kappa shape index (κ3) is 3.96. The number of hydrogen-bond donors (Lipinski definition) is 0. The lowest BCUT2D eigenvalue weighted by Crippen LogP contribution is -1.46. The van der Waals surface area contributed by atoms with E-state index >= 15 is 0 Å². The summed E-state index contributed by atoms with van der Waals surface area (Å²) in [6.07, 6.45) is 0. The summed E-state index contributed by atoms with van der Waals surface area (Å²) in [5.74, 6) is -0.605. The standard InChI is InChI=1S/C3H3ClF/c1-3(5)2-4/h2H,1H2. The van der Waals surface area contributed by atoms with E-state index in [9.17, 15) is 4.39 Å². The van der Waals surface area contributed by atoms with Crippen LogP contribution in [-0.4, -0.2) is 0 Å². The second kappa shape index (κ2) is 2.21. The minimum absolute atomic E-state index is 0.605. The Labute approximate surface area is 35.2 Å². The maximum absolute atomic E-state index is 11.0. The first kappa shape index (κ1) is 4.96. The van der Waals surface area contributed by atoms with Crippen molar-refractivity contribution in [1.29, 1.82) is 0 Å². The van der Waals surface area contributed by atoms with Gasteiger partial charge in [0.25, 0.3) is 0 Å². The fourth-order valence-electron chi connectivity index (χ4n) is 0. The molecule has 0 aliphatic rings. The van der Waals surface area contributed by atoms with Crippen molar-refractivity contribution in [3.63, 3.8) is 0 Å². The number of rotatable bonds is 0. The molecule has 0 saturated heterocycles. The van der Waals surface area contributed by atoms with Gasteiger partial charge in [-0.3, -0.25) is 0 Å². The minimum atomic E-state index is -0.605. The molecule has 0 heterocycles. The Hall–Kier alpha value is -0.0400. The van der Waals surface area contributed by atoms with Gasteiger partial charge in [-0.05, 0) is 0 Å². The summed E-state index contributed by atoms with van der Waals surface area (Å²) in [5, 5.41) is 0. The lowest BCUT2D eigenvalue weighted by Gasteiger charge is -1.66. The predicted octanol–water partition coefficient (Wildman–Crippen LogP) is 1.87. The summed E-state index contributed by atoms with van der Waals surface area (Å²) in [6, 6.07) is 0. The van der Waals surface area contributed by atoms with Gasteiger partial charge in [0, 0.05) is 12.5 Å². The van der Waals surface area contributed by atoms with E-state index in [-0.39, 0.29) is 0 Å². The first-order valence-corrected chi connectivity index (χ1v) is 1.49. The fraction of sp³-hybridized carbons (Fsp3) is 0. The predicted molar refractivity (Wildman–Crippen MR) is 20.4 cm³/mol. The molecule has 2 heteroatoms. The first-order chi connectivity index (χ1) is 2.27. The van der Waals surface area contributed by atoms with Gasteiger partial charge in [-0.15, -0.1) is 0 Å². The van der Waals surface area contributed by atoms with Crippen molar-refractivity contribution in [2.75, 3.05) is 0 Å². The topological polar surface area (TPSA) is 0 Å². The van der Waals surface area contributed by atoms with E-state index < -0.39 is 5.83 Å². The Bertz CT molecular complexity index is 44.9. The van der Waals surface area contributed by atoms with Gasteiger partial charge in [-0.2, -0.15) is 0 Å². The Morgan fingerprint density at radius 1 is 2.00 bits per heavy atom. The molecule has 0 aromatic heterocycles. The van der Waals surface area contributed by atoms with Crippen molar-refractivity contribution < 1.29 is 4.39 Å². The summed E-state index contributed by atoms with van der Waals surface area (Å²) in [7, 11) is 0. The second-order valence-corrected chi connectivity index (χ2v) is 0.774. The van der Waals surface area contributed by atoms with Gasteiger partial charge in [-0.25, -0.2) is 4.39 Å². The highest BCUT2D eigenvalue weighted by Crippen LogP contribution is 1.91. The molecule has 0 unspecified atom stereocenters. The molecule has 0 nitrogen and oxygen atoms in total. The number of halogens is 2. The fourth-order valence-corrected chi connectivity index (χ4v) is 0. The monoisotopic (exact) mass is 93.0 g/mol. The molecule has 0 aromatic carbocycles. The molecule has 0 spiro atoms. The molecule has 0 aromatic rings. The Morgan fingerprint density at radius 3 is 2.20 bits per heavy atom. The van der Waals surface area contributed by atoms with Crippen LogP contribution < -0.4 is 0 Å². The Morgan fingerprint density at radius 2 is 2.20 bits per heavy atom. The van der Waals surface area contributed by atoms with Crippen LogP contribution in [0.2, 0.25) is 0 Å². The molecule has 0 atom stereocenters. The Balaban J connectivity index is 3.14. The maximum Gasteiger partial charge on any atom is 0.112 e. The summed E-state index contributed by atoms with van der Waals surface area (Å²) in [6.45, 7) is 2.82. The van der Waals surface area contributed by atoms with Crippen molar-refractivity contribution in [3.05, 3.63) is 18.3 Å². The lowest BCUT2D eigenvalue weighted by molar-refractivity contribution is 0.668. The molecule has 5 heavy (non-hydrogen) atoms. The minimum Gasteiger partial charge on any atom is -0.211 e. The van der Waals surface area contributed by atoms with Crippen LogP contribution >= 0.6 is 11.6 Å². The van der Waals surface area contributed by atoms with Crippen LogP contribution in [0.3, 0.4) is 0 Å². The van der Waals surface area contributed by atoms with E-state index in [1.807, 2.05) is 0 Å². The van der Waals surface area contributed by atoms with Crippen molar-refractivity contribution >= 4 is 11.6 Å². The highest BCUT2D eigenvalue weighted by atomic mass is 35.5. The van der Waals surface area contributed by atoms with E-state index in [2.05, 4.69) is 6.92 Å². The zero-order chi connectivity index (χ0) is 4.28. The maximum atomic E-state index is 11.0. The van der Waals surface area contributed by atoms with Crippen LogP contribution in [0.15, 0.2) is 11.4 Å². The molecule has 0 N–H and O–H groups in total. The quantitative estimate of drug-likeness (QED) is 0.429. The summed E-state index contributed by atoms with van der Waals surface area (Å²) < 4.78 is 11.0. The van der Waals surface area contributed by atoms with Crippen LogP contribution in [0, 0.1) is 6.92 Å². The first-order valence-electron chi connectivity index (χ1n) is 1.05. The van der Waals surface area contributed by atoms with Crippen molar-refractivity contribution in [1.82, 2.24) is 0 Å². The summed E-state index contributed by atoms with van der Waals surface area (Å²) in [5.41, 5.74) is 0.778. The number of allylic oxidation sites excluding steroid dienone is 1. The van der Waals surface area contributed by atoms with Crippen LogP contribution in [0.25, 0.3) is 0 Å². The number of hydrogen-bond acceptors (Lipinski definition) is 0. The largest absolute Gasteiger partial charge is 0.211 e. The molecular formula is C3H3ClF. The van der Waals surface area contributed by atoms with Gasteiger partial charge in [0.2, 0.25) is 0 Å². The molecule has 0 bridgehead atoms. The van der Waals surface area contributed by atoms with Crippen LogP contribution in [0.5, 0.6) is 0 Å². The van der Waals surface area contributed by atoms with E-state index in [4.69, 9.17) is 11.6 Å². The van der Waals surface area contributed by atoms with E-state index in [1.165, 1.54) is 0 Å². The van der Waals surface area contributed by atoms with Gasteiger partial charge in [-0.1, -0.05) is 11.6 Å². The van der Waals surface area contributed by atoms with E-state index in [1.54, 1.807) is 0 Å². The third-order valence-corrected chi connectivity index (χ3v) is 0.355. The van der Waals surface area contributed by atoms with Crippen LogP contribution in [0.4, 0.5) is 4.39 Å². The molecule has 29 valence electrons. The molecule has 0 saturated carbocycles. The van der Waals surface area contributed by atoms with Crippen molar-refractivity contribution in [3.8, 4) is 0 Å². The van der Waals surface area contributed by atoms with Gasteiger partial charge < -0.3 is 0 Å². The SMILES string of the molecule is [CH2]C(F)=CCl. The van der Waals surface area contributed by atoms with Crippen LogP contribution in [-0.2, 0) is 0 Å². The molecule has 0 aliphatic carbocycles. The second-order valence-electron chi connectivity index (χ2n) is 0.556. The third-order valence-electron chi connectivity index (χ3n) is 0.118. The van der Waals surface area contributed by atoms with Gasteiger partial charge in [0.1, 0.15) is 5.83 Å². The summed E-state index contributed by atoms with van der Waals surface area (Å²) in [4.78, 5) is 0. The molecule has 0 rings (SSSR count). The summed E-state index contributed by atoms with van der Waals surface area (Å²) >= 11 is 4.74. The van der Waals surface area contributed by atoms with E-state index in [0.717, 1.165) is 5.54 Å². The lowest BCUT2D eigenvalue weighted by atomic mass is 10.7. The zero-order valence-electron chi connectivity index (χ0n) is 2.54. The molecule has 1 radical (unpaired) electrons. The average Bonchev–Trinajstić information content (AvgIpc) is 1.38. The normalized spacial score (nSPS) is 12.2. The van der Waals surface area contributed by atoms with Crippen molar-refractivity contribution in [2.24, 2.45) is 0 Å². The molecule has 0 fully saturated rings. The van der Waals surface area contributed by atoms with Crippen molar-refractivity contribution in [2.45, 2.75) is 0 Å². The molecule has 0 amide bonds. The average molecular weight is 93.5 g/mol. The smallest absolute Gasteiger partial charge is 0.112 e. The van der Waals surface area contributed by atoms with Crippen LogP contribution in [0.1, 0.15) is 0 Å². The van der Waals surface area contributed by atoms with Gasteiger partial charge >= 0.3 is 0 Å².